The molecule has 0 atom stereocenters. The average Bonchev–Trinajstić information content (AvgIpc) is 2.56. The number of hydrogen-bond acceptors (Lipinski definition) is 3. The molecule has 0 bridgehead atoms. The van der Waals surface area contributed by atoms with E-state index >= 15 is 0 Å². The summed E-state index contributed by atoms with van der Waals surface area (Å²) in [4.78, 5) is 13.0. The lowest BCUT2D eigenvalue weighted by Gasteiger charge is -2.33. The molecule has 0 radical (unpaired) electrons. The van der Waals surface area contributed by atoms with Gasteiger partial charge in [-0.15, -0.1) is 0 Å². The van der Waals surface area contributed by atoms with Crippen molar-refractivity contribution in [2.24, 2.45) is 0 Å². The summed E-state index contributed by atoms with van der Waals surface area (Å²) in [6.07, 6.45) is 7.35. The van der Waals surface area contributed by atoms with Crippen LogP contribution in [0.15, 0.2) is 73.1 Å². The van der Waals surface area contributed by atoms with Gasteiger partial charge < -0.3 is 10.2 Å². The van der Waals surface area contributed by atoms with Crippen molar-refractivity contribution in [2.75, 3.05) is 0 Å². The molecule has 1 aliphatic rings. The molecule has 0 saturated carbocycles. The highest BCUT2D eigenvalue weighted by Crippen LogP contribution is 2.38. The molecule has 4 nitrogen and oxygen atoms in total. The molecule has 0 saturated heterocycles. The van der Waals surface area contributed by atoms with Crippen molar-refractivity contribution in [1.29, 1.82) is 0 Å². The number of carbonyl (C=O) groups is 1. The molecule has 2 aromatic rings. The number of phenolic OH excluding ortho intramolecular Hbond substituents is 2. The van der Waals surface area contributed by atoms with Gasteiger partial charge in [0.2, 0.25) is 5.91 Å². The summed E-state index contributed by atoms with van der Waals surface area (Å²) >= 11 is 0. The summed E-state index contributed by atoms with van der Waals surface area (Å²) in [5.74, 6) is 0.329. The first-order valence-electron chi connectivity index (χ1n) is 7.28. The Balaban J connectivity index is 2.13. The van der Waals surface area contributed by atoms with Crippen molar-refractivity contribution in [3.8, 4) is 11.5 Å². The van der Waals surface area contributed by atoms with Gasteiger partial charge in [-0.05, 0) is 47.5 Å². The zero-order valence-corrected chi connectivity index (χ0v) is 12.7. The molecule has 3 rings (SSSR count). The van der Waals surface area contributed by atoms with Crippen molar-refractivity contribution in [2.45, 2.75) is 12.3 Å². The molecule has 2 N–H and O–H groups in total. The summed E-state index contributed by atoms with van der Waals surface area (Å²) in [7, 11) is 0. The second-order valence-corrected chi connectivity index (χ2v) is 5.52. The van der Waals surface area contributed by atoms with E-state index in [2.05, 4.69) is 0 Å². The Kier molecular flexibility index (Phi) is 3.66. The summed E-state index contributed by atoms with van der Waals surface area (Å²) in [5.41, 5.74) is 1.35. The van der Waals surface area contributed by atoms with Crippen molar-refractivity contribution in [1.82, 2.24) is 4.90 Å². The van der Waals surface area contributed by atoms with E-state index < -0.39 is 5.41 Å². The fraction of sp³-hybridized carbons (Fsp3) is 0.105. The van der Waals surface area contributed by atoms with Crippen LogP contribution in [0.2, 0.25) is 0 Å². The maximum Gasteiger partial charge on any atom is 0.227 e. The normalized spacial score (nSPS) is 15.6. The lowest BCUT2D eigenvalue weighted by Crippen LogP contribution is -2.29. The van der Waals surface area contributed by atoms with Crippen molar-refractivity contribution < 1.29 is 15.0 Å². The van der Waals surface area contributed by atoms with Gasteiger partial charge in [0.05, 0.1) is 5.41 Å². The van der Waals surface area contributed by atoms with Gasteiger partial charge in [-0.1, -0.05) is 24.3 Å². The van der Waals surface area contributed by atoms with Crippen molar-refractivity contribution in [3.05, 3.63) is 84.2 Å². The van der Waals surface area contributed by atoms with Gasteiger partial charge in [0.1, 0.15) is 11.5 Å². The lowest BCUT2D eigenvalue weighted by atomic mass is 9.73. The van der Waals surface area contributed by atoms with E-state index in [1.54, 1.807) is 36.7 Å². The Morgan fingerprint density at radius 1 is 0.826 bits per heavy atom. The Morgan fingerprint density at radius 2 is 1.22 bits per heavy atom. The Labute approximate surface area is 134 Å². The number of aromatic hydroxyl groups is 2. The molecule has 1 amide bonds. The molecule has 0 fully saturated rings. The first-order valence-corrected chi connectivity index (χ1v) is 7.28. The van der Waals surface area contributed by atoms with E-state index in [0.29, 0.717) is 0 Å². The van der Waals surface area contributed by atoms with Crippen LogP contribution in [0.1, 0.15) is 18.1 Å². The number of rotatable bonds is 2. The topological polar surface area (TPSA) is 60.8 Å². The second kappa shape index (κ2) is 5.65. The standard InChI is InChI=1S/C19H17NO3/c1-14(21)20-12-10-19(11-13-20,15-2-6-17(22)7-3-15)16-4-8-18(23)9-5-16/h2-13,22-23H,1H3. The van der Waals surface area contributed by atoms with E-state index in [-0.39, 0.29) is 17.4 Å². The van der Waals surface area contributed by atoms with Gasteiger partial charge in [0.15, 0.2) is 0 Å². The molecule has 4 heteroatoms. The van der Waals surface area contributed by atoms with Crippen LogP contribution in [0.25, 0.3) is 0 Å². The smallest absolute Gasteiger partial charge is 0.227 e. The minimum Gasteiger partial charge on any atom is -0.508 e. The van der Waals surface area contributed by atoms with E-state index in [0.717, 1.165) is 11.1 Å². The molecule has 116 valence electrons. The SMILES string of the molecule is CC(=O)N1C=CC(c2ccc(O)cc2)(c2ccc(O)cc2)C=C1. The number of phenols is 2. The number of nitrogens with zero attached hydrogens (tertiary/aromatic N) is 1. The van der Waals surface area contributed by atoms with Crippen LogP contribution < -0.4 is 0 Å². The van der Waals surface area contributed by atoms with E-state index in [1.165, 1.54) is 11.8 Å². The number of benzene rings is 2. The molecule has 1 heterocycles. The predicted octanol–water partition coefficient (Wildman–Crippen LogP) is 3.27. The Bertz CT molecular complexity index is 712. The van der Waals surface area contributed by atoms with Crippen LogP contribution in [-0.4, -0.2) is 21.0 Å². The van der Waals surface area contributed by atoms with Crippen LogP contribution in [0, 0.1) is 0 Å². The monoisotopic (exact) mass is 307 g/mol. The predicted molar refractivity (Wildman–Crippen MR) is 87.8 cm³/mol. The largest absolute Gasteiger partial charge is 0.508 e. The van der Waals surface area contributed by atoms with Crippen LogP contribution in [-0.2, 0) is 10.2 Å². The zero-order chi connectivity index (χ0) is 16.4. The summed E-state index contributed by atoms with van der Waals surface area (Å²) in [6.45, 7) is 1.50. The summed E-state index contributed by atoms with van der Waals surface area (Å²) in [6, 6.07) is 13.9. The van der Waals surface area contributed by atoms with Crippen LogP contribution >= 0.6 is 0 Å². The molecule has 1 aliphatic heterocycles. The van der Waals surface area contributed by atoms with Crippen LogP contribution in [0.3, 0.4) is 0 Å². The quantitative estimate of drug-likeness (QED) is 0.895. The van der Waals surface area contributed by atoms with Gasteiger partial charge in [-0.2, -0.15) is 0 Å². The highest BCUT2D eigenvalue weighted by atomic mass is 16.3. The number of amides is 1. The highest BCUT2D eigenvalue weighted by Gasteiger charge is 2.31. The van der Waals surface area contributed by atoms with Gasteiger partial charge in [-0.25, -0.2) is 0 Å². The van der Waals surface area contributed by atoms with Gasteiger partial charge in [0.25, 0.3) is 0 Å². The molecule has 0 spiro atoms. The molecular formula is C19H17NO3. The van der Waals surface area contributed by atoms with E-state index in [1.807, 2.05) is 36.4 Å². The van der Waals surface area contributed by atoms with Crippen molar-refractivity contribution in [3.63, 3.8) is 0 Å². The molecule has 23 heavy (non-hydrogen) atoms. The summed E-state index contributed by atoms with van der Waals surface area (Å²) < 4.78 is 0. The fourth-order valence-electron chi connectivity index (χ4n) is 2.74. The van der Waals surface area contributed by atoms with Gasteiger partial charge in [-0.3, -0.25) is 9.69 Å². The van der Waals surface area contributed by atoms with Gasteiger partial charge in [0, 0.05) is 19.3 Å². The van der Waals surface area contributed by atoms with Crippen LogP contribution in [0.5, 0.6) is 11.5 Å². The number of allylic oxidation sites excluding steroid dienone is 2. The third kappa shape index (κ3) is 2.71. The second-order valence-electron chi connectivity index (χ2n) is 5.52. The maximum atomic E-state index is 11.5. The number of hydrogen-bond donors (Lipinski definition) is 2. The van der Waals surface area contributed by atoms with Gasteiger partial charge >= 0.3 is 0 Å². The first kappa shape index (κ1) is 14.9. The third-order valence-corrected chi connectivity index (χ3v) is 4.05. The average molecular weight is 307 g/mol. The Morgan fingerprint density at radius 3 is 1.57 bits per heavy atom. The van der Waals surface area contributed by atoms with Crippen molar-refractivity contribution >= 4 is 5.91 Å². The zero-order valence-electron chi connectivity index (χ0n) is 12.7. The highest BCUT2D eigenvalue weighted by molar-refractivity contribution is 5.76. The van der Waals surface area contributed by atoms with E-state index in [4.69, 9.17) is 0 Å². The minimum absolute atomic E-state index is 0.0671. The first-order chi connectivity index (χ1) is 11.0. The molecular weight excluding hydrogens is 290 g/mol. The lowest BCUT2D eigenvalue weighted by molar-refractivity contribution is -0.124. The number of carbonyl (C=O) groups excluding carboxylic acids is 1. The molecule has 0 aromatic heterocycles. The molecule has 0 aliphatic carbocycles. The minimum atomic E-state index is -0.562. The maximum absolute atomic E-state index is 11.5. The molecule has 0 unspecified atom stereocenters. The third-order valence-electron chi connectivity index (χ3n) is 4.05. The molecule has 2 aromatic carbocycles. The Hall–Kier alpha value is -3.01. The fourth-order valence-corrected chi connectivity index (χ4v) is 2.74. The summed E-state index contributed by atoms with van der Waals surface area (Å²) in [5, 5.41) is 19.1. The van der Waals surface area contributed by atoms with E-state index in [9.17, 15) is 15.0 Å². The van der Waals surface area contributed by atoms with Crippen LogP contribution in [0.4, 0.5) is 0 Å².